The van der Waals surface area contributed by atoms with Crippen LogP contribution in [0.25, 0.3) is 10.9 Å². The van der Waals surface area contributed by atoms with Gasteiger partial charge in [0.1, 0.15) is 5.39 Å². The van der Waals surface area contributed by atoms with Gasteiger partial charge in [0, 0.05) is 25.0 Å². The Morgan fingerprint density at radius 3 is 2.50 bits per heavy atom. The van der Waals surface area contributed by atoms with Gasteiger partial charge in [-0.1, -0.05) is 0 Å². The molecule has 2 fully saturated rings. The van der Waals surface area contributed by atoms with Crippen LogP contribution >= 0.6 is 0 Å². The molecule has 1 saturated carbocycles. The normalized spacial score (nSPS) is 18.1. The molecule has 1 unspecified atom stereocenters. The Morgan fingerprint density at radius 1 is 1.19 bits per heavy atom. The van der Waals surface area contributed by atoms with E-state index in [4.69, 9.17) is 5.11 Å². The molecular weight excluding hydrogens is 484 g/mol. The first-order valence-corrected chi connectivity index (χ1v) is 13.3. The lowest BCUT2D eigenvalue weighted by atomic mass is 9.99. The average molecular weight is 511 g/mol. The van der Waals surface area contributed by atoms with Gasteiger partial charge >= 0.3 is 5.97 Å². The molecule has 0 amide bonds. The second kappa shape index (κ2) is 9.40. The fraction of sp³-hybridized carbons (Fsp3) is 0.417. The molecule has 12 heteroatoms. The van der Waals surface area contributed by atoms with Crippen molar-refractivity contribution < 1.29 is 18.3 Å². The zero-order valence-electron chi connectivity index (χ0n) is 19.4. The first-order valence-electron chi connectivity index (χ1n) is 11.9. The van der Waals surface area contributed by atoms with E-state index in [1.54, 1.807) is 29.1 Å². The molecule has 2 aliphatic rings. The van der Waals surface area contributed by atoms with Gasteiger partial charge in [-0.05, 0) is 61.9 Å². The van der Waals surface area contributed by atoms with Crippen LogP contribution in [0.5, 0.6) is 0 Å². The number of benzene rings is 1. The highest BCUT2D eigenvalue weighted by Crippen LogP contribution is 2.43. The van der Waals surface area contributed by atoms with Gasteiger partial charge in [0.25, 0.3) is 5.56 Å². The van der Waals surface area contributed by atoms with E-state index in [1.165, 1.54) is 16.4 Å². The number of pyridine rings is 1. The van der Waals surface area contributed by atoms with Crippen molar-refractivity contribution >= 4 is 38.4 Å². The number of carboxylic acids is 1. The number of piperidine rings is 1. The number of anilines is 2. The summed E-state index contributed by atoms with van der Waals surface area (Å²) in [4.78, 5) is 26.6. The Labute approximate surface area is 207 Å². The molecule has 188 valence electrons. The summed E-state index contributed by atoms with van der Waals surface area (Å²) in [6.07, 6.45) is 4.46. The molecule has 5 rings (SSSR count). The maximum Gasteiger partial charge on any atom is 0.306 e. The molecule has 11 nitrogen and oxygen atoms in total. The minimum Gasteiger partial charge on any atom is -0.481 e. The molecule has 0 bridgehead atoms. The quantitative estimate of drug-likeness (QED) is 0.417. The van der Waals surface area contributed by atoms with Crippen molar-refractivity contribution in [3.63, 3.8) is 0 Å². The Balaban J connectivity index is 1.40. The number of rotatable bonds is 8. The molecule has 3 aromatic rings. The molecule has 1 aromatic carbocycles. The number of hydrogen-bond donors (Lipinski definition) is 3. The SMILES string of the molecule is N#CCC(C1CC1)n1nc(Nc2ccc(S(=O)(=O)N3CCC(C(=O)O)CC3)cc2)c2c(=O)[nH]ccc21. The standard InChI is InChI=1S/C24H26N6O5S/c25-11-7-19(15-1-2-15)30-20-8-12-26-23(31)21(20)22(28-30)27-17-3-5-18(6-4-17)36(34,35)29-13-9-16(10-14-29)24(32)33/h3-6,8,12,15-16,19H,1-2,7,9-10,13-14H2,(H,26,31)(H,27,28)(H,32,33). The summed E-state index contributed by atoms with van der Waals surface area (Å²) in [5, 5.41) is 26.6. The summed E-state index contributed by atoms with van der Waals surface area (Å²) in [5.74, 6) is -0.729. The number of aliphatic carboxylic acids is 1. The number of nitriles is 1. The van der Waals surface area contributed by atoms with Crippen LogP contribution in [0.1, 0.15) is 38.1 Å². The summed E-state index contributed by atoms with van der Waals surface area (Å²) < 4.78 is 29.1. The number of H-pyrrole nitrogens is 1. The van der Waals surface area contributed by atoms with E-state index in [-0.39, 0.29) is 42.4 Å². The lowest BCUT2D eigenvalue weighted by Gasteiger charge is -2.29. The van der Waals surface area contributed by atoms with Gasteiger partial charge in [-0.15, -0.1) is 0 Å². The van der Waals surface area contributed by atoms with Crippen molar-refractivity contribution in [3.8, 4) is 6.07 Å². The van der Waals surface area contributed by atoms with Crippen molar-refractivity contribution in [1.82, 2.24) is 19.1 Å². The van der Waals surface area contributed by atoms with Crippen molar-refractivity contribution in [2.24, 2.45) is 11.8 Å². The van der Waals surface area contributed by atoms with Crippen LogP contribution in [-0.2, 0) is 14.8 Å². The average Bonchev–Trinajstić information content (AvgIpc) is 3.65. The second-order valence-electron chi connectivity index (χ2n) is 9.29. The Kier molecular flexibility index (Phi) is 6.27. The number of nitrogens with one attached hydrogen (secondary N) is 2. The molecule has 3 heterocycles. The van der Waals surface area contributed by atoms with Gasteiger partial charge in [-0.2, -0.15) is 14.7 Å². The monoisotopic (exact) mass is 510 g/mol. The van der Waals surface area contributed by atoms with Gasteiger partial charge in [0.2, 0.25) is 10.0 Å². The predicted molar refractivity (Wildman–Crippen MR) is 131 cm³/mol. The second-order valence-corrected chi connectivity index (χ2v) is 11.2. The smallest absolute Gasteiger partial charge is 0.306 e. The van der Waals surface area contributed by atoms with E-state index >= 15 is 0 Å². The minimum absolute atomic E-state index is 0.109. The van der Waals surface area contributed by atoms with Crippen LogP contribution < -0.4 is 10.9 Å². The summed E-state index contributed by atoms with van der Waals surface area (Å²) in [7, 11) is -3.75. The van der Waals surface area contributed by atoms with Crippen LogP contribution in [0.2, 0.25) is 0 Å². The van der Waals surface area contributed by atoms with Gasteiger partial charge in [-0.25, -0.2) is 8.42 Å². The minimum atomic E-state index is -3.75. The van der Waals surface area contributed by atoms with Crippen molar-refractivity contribution in [2.45, 2.75) is 43.0 Å². The highest BCUT2D eigenvalue weighted by molar-refractivity contribution is 7.89. The number of fused-ring (bicyclic) bond motifs is 1. The third-order valence-electron chi connectivity index (χ3n) is 6.97. The summed E-state index contributed by atoms with van der Waals surface area (Å²) in [6, 6.07) is 10.0. The molecule has 3 N–H and O–H groups in total. The van der Waals surface area contributed by atoms with E-state index in [2.05, 4.69) is 21.5 Å². The molecule has 2 aromatic heterocycles. The highest BCUT2D eigenvalue weighted by Gasteiger charge is 2.35. The summed E-state index contributed by atoms with van der Waals surface area (Å²) in [5.41, 5.74) is 0.880. The van der Waals surface area contributed by atoms with Gasteiger partial charge in [-0.3, -0.25) is 14.3 Å². The van der Waals surface area contributed by atoms with Gasteiger partial charge in [0.15, 0.2) is 5.82 Å². The molecule has 0 spiro atoms. The summed E-state index contributed by atoms with van der Waals surface area (Å²) >= 11 is 0. The van der Waals surface area contributed by atoms with E-state index in [0.717, 1.165) is 12.8 Å². The fourth-order valence-electron chi connectivity index (χ4n) is 4.81. The topological polar surface area (TPSA) is 161 Å². The van der Waals surface area contributed by atoms with Crippen molar-refractivity contribution in [1.29, 1.82) is 5.26 Å². The third-order valence-corrected chi connectivity index (χ3v) is 8.88. The number of aromatic nitrogens is 3. The van der Waals surface area contributed by atoms with Gasteiger partial charge in [0.05, 0.1) is 34.9 Å². The maximum atomic E-state index is 13.0. The Hall–Kier alpha value is -3.69. The van der Waals surface area contributed by atoms with Crippen LogP contribution in [0.4, 0.5) is 11.5 Å². The number of sulfonamides is 1. The van der Waals surface area contributed by atoms with Gasteiger partial charge < -0.3 is 15.4 Å². The first-order chi connectivity index (χ1) is 17.3. The summed E-state index contributed by atoms with van der Waals surface area (Å²) in [6.45, 7) is 0.326. The van der Waals surface area contributed by atoms with Crippen LogP contribution in [0, 0.1) is 23.2 Å². The van der Waals surface area contributed by atoms with Crippen molar-refractivity contribution in [2.75, 3.05) is 18.4 Å². The molecule has 1 saturated heterocycles. The van der Waals surface area contributed by atoms with E-state index in [9.17, 15) is 23.3 Å². The maximum absolute atomic E-state index is 13.0. The molecule has 1 aliphatic heterocycles. The fourth-order valence-corrected chi connectivity index (χ4v) is 6.28. The van der Waals surface area contributed by atoms with Crippen LogP contribution in [-0.4, -0.2) is 51.7 Å². The molecular formula is C24H26N6O5S. The Morgan fingerprint density at radius 2 is 1.89 bits per heavy atom. The largest absolute Gasteiger partial charge is 0.481 e. The molecule has 36 heavy (non-hydrogen) atoms. The number of hydrogen-bond acceptors (Lipinski definition) is 7. The van der Waals surface area contributed by atoms with E-state index in [0.29, 0.717) is 34.7 Å². The number of carboxylic acid groups (broad SMARTS) is 1. The Bertz CT molecular complexity index is 1490. The first kappa shape index (κ1) is 24.0. The predicted octanol–water partition coefficient (Wildman–Crippen LogP) is 2.82. The van der Waals surface area contributed by atoms with E-state index in [1.807, 2.05) is 0 Å². The highest BCUT2D eigenvalue weighted by atomic mass is 32.2. The lowest BCUT2D eigenvalue weighted by Crippen LogP contribution is -2.40. The number of nitrogens with zero attached hydrogens (tertiary/aromatic N) is 4. The number of carbonyl (C=O) groups is 1. The van der Waals surface area contributed by atoms with E-state index < -0.39 is 21.9 Å². The van der Waals surface area contributed by atoms with Crippen molar-refractivity contribution in [3.05, 3.63) is 46.9 Å². The number of aromatic amines is 1. The lowest BCUT2D eigenvalue weighted by molar-refractivity contribution is -0.142. The molecule has 1 aliphatic carbocycles. The molecule has 0 radical (unpaired) electrons. The van der Waals surface area contributed by atoms with Crippen LogP contribution in [0.3, 0.4) is 0 Å². The zero-order chi connectivity index (χ0) is 25.4. The zero-order valence-corrected chi connectivity index (χ0v) is 20.2. The van der Waals surface area contributed by atoms with Crippen LogP contribution in [0.15, 0.2) is 46.2 Å². The molecule has 1 atom stereocenters. The third kappa shape index (κ3) is 4.47.